The van der Waals surface area contributed by atoms with Crippen molar-refractivity contribution in [3.8, 4) is 16.9 Å². The van der Waals surface area contributed by atoms with E-state index in [0.29, 0.717) is 16.3 Å². The number of hydrogen-bond acceptors (Lipinski definition) is 3. The van der Waals surface area contributed by atoms with Crippen LogP contribution in [0.5, 0.6) is 5.75 Å². The Hall–Kier alpha value is -2.00. The van der Waals surface area contributed by atoms with E-state index in [9.17, 15) is 4.79 Å². The van der Waals surface area contributed by atoms with Crippen LogP contribution in [0.25, 0.3) is 11.1 Å². The number of halogens is 1. The fourth-order valence-electron chi connectivity index (χ4n) is 1.79. The van der Waals surface area contributed by atoms with Gasteiger partial charge in [0.2, 0.25) is 0 Å². The first-order valence-electron chi connectivity index (χ1n) is 5.68. The number of methoxy groups -OCH3 is 2. The van der Waals surface area contributed by atoms with E-state index in [2.05, 4.69) is 0 Å². The first-order valence-corrected chi connectivity index (χ1v) is 6.06. The summed E-state index contributed by atoms with van der Waals surface area (Å²) in [5.74, 6) is 0.0683. The van der Waals surface area contributed by atoms with Gasteiger partial charge in [0.25, 0.3) is 0 Å². The predicted molar refractivity (Wildman–Crippen MR) is 74.8 cm³/mol. The van der Waals surface area contributed by atoms with Crippen LogP contribution in [0.15, 0.2) is 42.5 Å². The lowest BCUT2D eigenvalue weighted by atomic mass is 10.0. The molecule has 98 valence electrons. The molecule has 0 heterocycles. The number of benzene rings is 2. The van der Waals surface area contributed by atoms with Gasteiger partial charge in [-0.25, -0.2) is 4.79 Å². The smallest absolute Gasteiger partial charge is 0.341 e. The maximum atomic E-state index is 11.6. The van der Waals surface area contributed by atoms with Gasteiger partial charge in [-0.15, -0.1) is 0 Å². The lowest BCUT2D eigenvalue weighted by Crippen LogP contribution is -2.04. The molecule has 0 aromatic heterocycles. The van der Waals surface area contributed by atoms with E-state index in [4.69, 9.17) is 21.1 Å². The van der Waals surface area contributed by atoms with E-state index in [1.54, 1.807) is 12.1 Å². The Morgan fingerprint density at radius 1 is 1.00 bits per heavy atom. The van der Waals surface area contributed by atoms with Gasteiger partial charge in [-0.2, -0.15) is 0 Å². The molecule has 0 aliphatic heterocycles. The standard InChI is InChI=1S/C15H13ClO3/c1-18-14-9-11(5-8-13(14)15(17)19-2)10-3-6-12(16)7-4-10/h3-9H,1-2H3. The van der Waals surface area contributed by atoms with Crippen LogP contribution in [0.4, 0.5) is 0 Å². The van der Waals surface area contributed by atoms with Crippen LogP contribution in [0.1, 0.15) is 10.4 Å². The molecule has 0 atom stereocenters. The molecule has 0 aliphatic carbocycles. The number of ether oxygens (including phenoxy) is 2. The minimum Gasteiger partial charge on any atom is -0.496 e. The fourth-order valence-corrected chi connectivity index (χ4v) is 1.92. The maximum Gasteiger partial charge on any atom is 0.341 e. The molecule has 0 unspecified atom stereocenters. The number of esters is 1. The molecule has 4 heteroatoms. The molecule has 0 saturated heterocycles. The van der Waals surface area contributed by atoms with E-state index in [1.807, 2.05) is 30.3 Å². The molecule has 0 fully saturated rings. The van der Waals surface area contributed by atoms with Crippen molar-refractivity contribution in [1.29, 1.82) is 0 Å². The largest absolute Gasteiger partial charge is 0.496 e. The Kier molecular flexibility index (Phi) is 4.07. The third kappa shape index (κ3) is 2.88. The molecule has 0 radical (unpaired) electrons. The Bertz CT molecular complexity index is 591. The molecule has 0 bridgehead atoms. The summed E-state index contributed by atoms with van der Waals surface area (Å²) in [4.78, 5) is 11.6. The molecule has 0 aliphatic rings. The monoisotopic (exact) mass is 276 g/mol. The van der Waals surface area contributed by atoms with Crippen molar-refractivity contribution in [2.24, 2.45) is 0 Å². The summed E-state index contributed by atoms with van der Waals surface area (Å²) in [5.41, 5.74) is 2.35. The number of carbonyl (C=O) groups is 1. The second kappa shape index (κ2) is 5.76. The molecule has 2 aromatic carbocycles. The number of carbonyl (C=O) groups excluding carboxylic acids is 1. The van der Waals surface area contributed by atoms with Crippen LogP contribution < -0.4 is 4.74 Å². The van der Waals surface area contributed by atoms with Crippen molar-refractivity contribution in [2.45, 2.75) is 0 Å². The molecule has 0 N–H and O–H groups in total. The zero-order valence-corrected chi connectivity index (χ0v) is 11.4. The van der Waals surface area contributed by atoms with Crippen molar-refractivity contribution in [3.63, 3.8) is 0 Å². The highest BCUT2D eigenvalue weighted by Gasteiger charge is 2.13. The van der Waals surface area contributed by atoms with E-state index in [-0.39, 0.29) is 0 Å². The van der Waals surface area contributed by atoms with Crippen LogP contribution in [0, 0.1) is 0 Å². The summed E-state index contributed by atoms with van der Waals surface area (Å²) in [7, 11) is 2.86. The highest BCUT2D eigenvalue weighted by Crippen LogP contribution is 2.28. The van der Waals surface area contributed by atoms with Crippen LogP contribution in [-0.4, -0.2) is 20.2 Å². The third-order valence-electron chi connectivity index (χ3n) is 2.78. The first kappa shape index (κ1) is 13.4. The van der Waals surface area contributed by atoms with E-state index in [1.165, 1.54) is 14.2 Å². The van der Waals surface area contributed by atoms with Crippen molar-refractivity contribution in [3.05, 3.63) is 53.1 Å². The van der Waals surface area contributed by atoms with E-state index < -0.39 is 5.97 Å². The van der Waals surface area contributed by atoms with Gasteiger partial charge in [0, 0.05) is 5.02 Å². The SMILES string of the molecule is COC(=O)c1ccc(-c2ccc(Cl)cc2)cc1OC. The summed E-state index contributed by atoms with van der Waals surface area (Å²) < 4.78 is 9.93. The Balaban J connectivity index is 2.44. The third-order valence-corrected chi connectivity index (χ3v) is 3.04. The van der Waals surface area contributed by atoms with Gasteiger partial charge in [-0.3, -0.25) is 0 Å². The van der Waals surface area contributed by atoms with Crippen molar-refractivity contribution >= 4 is 17.6 Å². The van der Waals surface area contributed by atoms with Crippen molar-refractivity contribution < 1.29 is 14.3 Å². The van der Waals surface area contributed by atoms with E-state index in [0.717, 1.165) is 11.1 Å². The number of hydrogen-bond donors (Lipinski definition) is 0. The second-order valence-corrected chi connectivity index (χ2v) is 4.35. The van der Waals surface area contributed by atoms with Gasteiger partial charge >= 0.3 is 5.97 Å². The van der Waals surface area contributed by atoms with Crippen LogP contribution in [0.2, 0.25) is 5.02 Å². The van der Waals surface area contributed by atoms with Gasteiger partial charge in [0.1, 0.15) is 11.3 Å². The zero-order valence-electron chi connectivity index (χ0n) is 10.6. The van der Waals surface area contributed by atoms with Crippen LogP contribution in [0.3, 0.4) is 0 Å². The minimum absolute atomic E-state index is 0.405. The molecule has 0 saturated carbocycles. The molecular formula is C15H13ClO3. The van der Waals surface area contributed by atoms with Crippen LogP contribution in [-0.2, 0) is 4.74 Å². The topological polar surface area (TPSA) is 35.5 Å². The van der Waals surface area contributed by atoms with E-state index >= 15 is 0 Å². The predicted octanol–water partition coefficient (Wildman–Crippen LogP) is 3.80. The van der Waals surface area contributed by atoms with Crippen LogP contribution >= 0.6 is 11.6 Å². The molecule has 3 nitrogen and oxygen atoms in total. The number of rotatable bonds is 3. The van der Waals surface area contributed by atoms with Gasteiger partial charge in [0.05, 0.1) is 14.2 Å². The molecule has 0 amide bonds. The second-order valence-electron chi connectivity index (χ2n) is 3.91. The molecule has 0 spiro atoms. The van der Waals surface area contributed by atoms with Gasteiger partial charge in [0.15, 0.2) is 0 Å². The van der Waals surface area contributed by atoms with Crippen molar-refractivity contribution in [2.75, 3.05) is 14.2 Å². The quantitative estimate of drug-likeness (QED) is 0.800. The average molecular weight is 277 g/mol. The highest BCUT2D eigenvalue weighted by molar-refractivity contribution is 6.30. The summed E-state index contributed by atoms with van der Waals surface area (Å²) in [6, 6.07) is 12.8. The molecular weight excluding hydrogens is 264 g/mol. The van der Waals surface area contributed by atoms with Gasteiger partial charge in [-0.1, -0.05) is 29.8 Å². The summed E-state index contributed by atoms with van der Waals surface area (Å²) in [6.07, 6.45) is 0. The van der Waals surface area contributed by atoms with Gasteiger partial charge in [-0.05, 0) is 35.4 Å². The zero-order chi connectivity index (χ0) is 13.8. The first-order chi connectivity index (χ1) is 9.15. The molecule has 19 heavy (non-hydrogen) atoms. The Labute approximate surface area is 116 Å². The maximum absolute atomic E-state index is 11.6. The lowest BCUT2D eigenvalue weighted by molar-refractivity contribution is 0.0597. The Morgan fingerprint density at radius 2 is 1.63 bits per heavy atom. The molecule has 2 aromatic rings. The Morgan fingerprint density at radius 3 is 2.21 bits per heavy atom. The normalized spacial score (nSPS) is 10.1. The highest BCUT2D eigenvalue weighted by atomic mass is 35.5. The molecule has 2 rings (SSSR count). The van der Waals surface area contributed by atoms with Crippen molar-refractivity contribution in [1.82, 2.24) is 0 Å². The minimum atomic E-state index is -0.417. The summed E-state index contributed by atoms with van der Waals surface area (Å²) >= 11 is 5.86. The summed E-state index contributed by atoms with van der Waals surface area (Å²) in [6.45, 7) is 0. The summed E-state index contributed by atoms with van der Waals surface area (Å²) in [5, 5.41) is 0.682. The average Bonchev–Trinajstić information content (AvgIpc) is 2.46. The lowest BCUT2D eigenvalue weighted by Gasteiger charge is -2.09. The van der Waals surface area contributed by atoms with Gasteiger partial charge < -0.3 is 9.47 Å². The fraction of sp³-hybridized carbons (Fsp3) is 0.133.